The zero-order valence-corrected chi connectivity index (χ0v) is 16.2. The highest BCUT2D eigenvalue weighted by molar-refractivity contribution is 8.26. The van der Waals surface area contributed by atoms with Crippen molar-refractivity contribution in [2.45, 2.75) is 12.5 Å². The summed E-state index contributed by atoms with van der Waals surface area (Å²) >= 11 is 11.9. The fraction of sp³-hybridized carbons (Fsp3) is 0.125. The summed E-state index contributed by atoms with van der Waals surface area (Å²) in [6, 6.07) is 3.88. The fourth-order valence-corrected chi connectivity index (χ4v) is 3.87. The number of nitro benzene ring substituents is 1. The molecule has 0 unspecified atom stereocenters. The number of benzene rings is 1. The topological polar surface area (TPSA) is 138 Å². The Labute approximate surface area is 172 Å². The van der Waals surface area contributed by atoms with Crippen LogP contribution in [0.1, 0.15) is 12.0 Å². The number of thiocarbonyl (C=S) groups is 1. The van der Waals surface area contributed by atoms with Crippen molar-refractivity contribution < 1.29 is 29.5 Å². The number of rotatable bonds is 7. The maximum absolute atomic E-state index is 12.5. The van der Waals surface area contributed by atoms with Gasteiger partial charge in [0.15, 0.2) is 0 Å². The van der Waals surface area contributed by atoms with Crippen molar-refractivity contribution in [2.75, 3.05) is 0 Å². The molecular formula is C16H11ClN2O7S2. The van der Waals surface area contributed by atoms with Crippen LogP contribution in [0.25, 0.3) is 6.08 Å². The Balaban J connectivity index is 2.25. The number of carbonyl (C=O) groups excluding carboxylic acids is 1. The van der Waals surface area contributed by atoms with E-state index in [9.17, 15) is 29.6 Å². The minimum absolute atomic E-state index is 0.0322. The maximum atomic E-state index is 12.5. The number of allylic oxidation sites excluding steroid dienone is 2. The number of hydrogen-bond acceptors (Lipinski definition) is 7. The van der Waals surface area contributed by atoms with Gasteiger partial charge in [-0.3, -0.25) is 24.6 Å². The smallest absolute Gasteiger partial charge is 0.327 e. The molecule has 28 heavy (non-hydrogen) atoms. The van der Waals surface area contributed by atoms with Crippen LogP contribution in [0.2, 0.25) is 0 Å². The number of non-ortho nitro benzene ring substituents is 1. The van der Waals surface area contributed by atoms with Crippen LogP contribution in [0.15, 0.2) is 40.3 Å². The number of thioether (sulfide) groups is 1. The van der Waals surface area contributed by atoms with Crippen LogP contribution < -0.4 is 0 Å². The third-order valence-electron chi connectivity index (χ3n) is 3.47. The van der Waals surface area contributed by atoms with Gasteiger partial charge in [-0.2, -0.15) is 0 Å². The van der Waals surface area contributed by atoms with Crippen LogP contribution >= 0.6 is 35.6 Å². The molecular weight excluding hydrogens is 432 g/mol. The summed E-state index contributed by atoms with van der Waals surface area (Å²) in [6.45, 7) is 0. The molecule has 2 rings (SSSR count). The lowest BCUT2D eigenvalue weighted by molar-refractivity contribution is -0.384. The molecule has 1 heterocycles. The van der Waals surface area contributed by atoms with E-state index in [1.807, 2.05) is 0 Å². The molecule has 0 spiro atoms. The van der Waals surface area contributed by atoms with E-state index in [1.54, 1.807) is 0 Å². The van der Waals surface area contributed by atoms with Gasteiger partial charge in [0.1, 0.15) is 10.4 Å². The molecule has 146 valence electrons. The van der Waals surface area contributed by atoms with E-state index in [4.69, 9.17) is 28.9 Å². The third-order valence-corrected chi connectivity index (χ3v) is 5.01. The van der Waals surface area contributed by atoms with Gasteiger partial charge in [0, 0.05) is 17.2 Å². The summed E-state index contributed by atoms with van der Waals surface area (Å²) in [6.07, 6.45) is 1.91. The Bertz CT molecular complexity index is 927. The average molecular weight is 443 g/mol. The van der Waals surface area contributed by atoms with Crippen LogP contribution in [0.5, 0.6) is 0 Å². The zero-order valence-electron chi connectivity index (χ0n) is 13.8. The molecule has 12 heteroatoms. The SMILES string of the molecule is O=C(O)C[C@H](C(=O)O)N1C(=O)C(=C/C(Cl)=C/c2ccc([N+](=O)[O-])cc2)SC1=S. The molecule has 9 nitrogen and oxygen atoms in total. The van der Waals surface area contributed by atoms with Crippen LogP contribution in [0.3, 0.4) is 0 Å². The van der Waals surface area contributed by atoms with Gasteiger partial charge in [-0.25, -0.2) is 4.79 Å². The number of hydrogen-bond donors (Lipinski definition) is 2. The zero-order chi connectivity index (χ0) is 21.0. The average Bonchev–Trinajstić information content (AvgIpc) is 2.86. The number of nitrogens with zero attached hydrogens (tertiary/aromatic N) is 2. The predicted molar refractivity (Wildman–Crippen MR) is 106 cm³/mol. The van der Waals surface area contributed by atoms with E-state index in [0.717, 1.165) is 16.7 Å². The van der Waals surface area contributed by atoms with Crippen molar-refractivity contribution >= 4 is 69.5 Å². The second kappa shape index (κ2) is 8.95. The van der Waals surface area contributed by atoms with E-state index in [1.165, 1.54) is 36.4 Å². The highest BCUT2D eigenvalue weighted by Gasteiger charge is 2.41. The van der Waals surface area contributed by atoms with Crippen molar-refractivity contribution in [3.63, 3.8) is 0 Å². The van der Waals surface area contributed by atoms with E-state index < -0.39 is 35.2 Å². The van der Waals surface area contributed by atoms with E-state index in [-0.39, 0.29) is 19.9 Å². The van der Waals surface area contributed by atoms with Crippen LogP contribution in [0, 0.1) is 10.1 Å². The summed E-state index contributed by atoms with van der Waals surface area (Å²) in [5.41, 5.74) is 0.448. The molecule has 0 saturated carbocycles. The summed E-state index contributed by atoms with van der Waals surface area (Å²) < 4.78 is -0.0929. The van der Waals surface area contributed by atoms with Gasteiger partial charge in [-0.15, -0.1) is 0 Å². The Hall–Kier alpha value is -2.76. The van der Waals surface area contributed by atoms with Crippen molar-refractivity contribution in [3.8, 4) is 0 Å². The Kier molecular flexibility index (Phi) is 6.89. The van der Waals surface area contributed by atoms with Crippen molar-refractivity contribution in [1.82, 2.24) is 4.90 Å². The quantitative estimate of drug-likeness (QED) is 0.282. The first-order valence-electron chi connectivity index (χ1n) is 7.43. The number of carboxylic acids is 2. The summed E-state index contributed by atoms with van der Waals surface area (Å²) in [7, 11) is 0. The highest BCUT2D eigenvalue weighted by atomic mass is 35.5. The number of aliphatic carboxylic acids is 2. The number of amides is 1. The Morgan fingerprint density at radius 2 is 1.93 bits per heavy atom. The lowest BCUT2D eigenvalue weighted by Crippen LogP contribution is -2.45. The first-order valence-corrected chi connectivity index (χ1v) is 9.03. The molecule has 1 amide bonds. The number of nitro groups is 1. The van der Waals surface area contributed by atoms with E-state index >= 15 is 0 Å². The first kappa shape index (κ1) is 21.5. The standard InChI is InChI=1S/C16H11ClN2O7S2/c17-9(5-8-1-3-10(4-2-8)19(25)26)6-12-14(22)18(16(27)28-12)11(15(23)24)7-13(20)21/h1-6,11H,7H2,(H,20,21)(H,23,24)/b9-5-,12-6?/t11-/m1/s1. The lowest BCUT2D eigenvalue weighted by Gasteiger charge is -2.21. The summed E-state index contributed by atoms with van der Waals surface area (Å²) in [5.74, 6) is -3.65. The second-order valence-electron chi connectivity index (χ2n) is 5.38. The molecule has 1 atom stereocenters. The van der Waals surface area contributed by atoms with Crippen molar-refractivity contribution in [1.29, 1.82) is 0 Å². The number of carboxylic acid groups (broad SMARTS) is 2. The largest absolute Gasteiger partial charge is 0.481 e. The van der Waals surface area contributed by atoms with Crippen LogP contribution in [-0.4, -0.2) is 48.2 Å². The monoisotopic (exact) mass is 442 g/mol. The van der Waals surface area contributed by atoms with Crippen LogP contribution in [-0.2, 0) is 14.4 Å². The summed E-state index contributed by atoms with van der Waals surface area (Å²) in [5, 5.41) is 28.8. The highest BCUT2D eigenvalue weighted by Crippen LogP contribution is 2.34. The van der Waals surface area contributed by atoms with E-state index in [2.05, 4.69) is 0 Å². The minimum Gasteiger partial charge on any atom is -0.481 e. The molecule has 1 aliphatic heterocycles. The summed E-state index contributed by atoms with van der Waals surface area (Å²) in [4.78, 5) is 45.6. The van der Waals surface area contributed by atoms with Crippen molar-refractivity contribution in [3.05, 3.63) is 56.0 Å². The fourth-order valence-electron chi connectivity index (χ4n) is 2.22. The van der Waals surface area contributed by atoms with Gasteiger partial charge in [0.05, 0.1) is 16.2 Å². The van der Waals surface area contributed by atoms with Crippen LogP contribution in [0.4, 0.5) is 5.69 Å². The molecule has 0 bridgehead atoms. The Morgan fingerprint density at radius 1 is 1.32 bits per heavy atom. The van der Waals surface area contributed by atoms with Gasteiger partial charge in [0.25, 0.3) is 11.6 Å². The molecule has 0 aromatic heterocycles. The molecule has 1 aliphatic rings. The van der Waals surface area contributed by atoms with Gasteiger partial charge in [-0.05, 0) is 29.8 Å². The predicted octanol–water partition coefficient (Wildman–Crippen LogP) is 2.85. The lowest BCUT2D eigenvalue weighted by atomic mass is 10.1. The number of carbonyl (C=O) groups is 3. The molecule has 2 N–H and O–H groups in total. The Morgan fingerprint density at radius 3 is 2.43 bits per heavy atom. The normalized spacial score (nSPS) is 17.1. The second-order valence-corrected chi connectivity index (χ2v) is 7.49. The first-order chi connectivity index (χ1) is 13.1. The molecule has 0 radical (unpaired) electrons. The molecule has 1 saturated heterocycles. The molecule has 1 aromatic carbocycles. The van der Waals surface area contributed by atoms with Crippen molar-refractivity contribution in [2.24, 2.45) is 0 Å². The maximum Gasteiger partial charge on any atom is 0.327 e. The van der Waals surface area contributed by atoms with Gasteiger partial charge in [-0.1, -0.05) is 35.6 Å². The number of halogens is 1. The van der Waals surface area contributed by atoms with E-state index in [0.29, 0.717) is 5.56 Å². The van der Waals surface area contributed by atoms with Gasteiger partial charge in [0.2, 0.25) is 0 Å². The third kappa shape index (κ3) is 5.15. The molecule has 0 aliphatic carbocycles. The van der Waals surface area contributed by atoms with Gasteiger partial charge < -0.3 is 10.2 Å². The van der Waals surface area contributed by atoms with Gasteiger partial charge >= 0.3 is 11.9 Å². The minimum atomic E-state index is -1.63. The molecule has 1 aromatic rings. The molecule has 1 fully saturated rings.